The first kappa shape index (κ1) is 10.9. The number of aliphatic hydroxyl groups is 1. The van der Waals surface area contributed by atoms with Crippen LogP contribution in [0.2, 0.25) is 0 Å². The molecule has 0 aliphatic carbocycles. The summed E-state index contributed by atoms with van der Waals surface area (Å²) in [6.07, 6.45) is 0. The SMILES string of the molecule is O=C(O)c1ccc(CO)cc1-c1cccs1. The summed E-state index contributed by atoms with van der Waals surface area (Å²) in [5.74, 6) is -0.951. The van der Waals surface area contributed by atoms with Gasteiger partial charge in [0.05, 0.1) is 12.2 Å². The molecule has 2 rings (SSSR count). The predicted molar refractivity (Wildman–Crippen MR) is 62.6 cm³/mol. The van der Waals surface area contributed by atoms with E-state index in [1.165, 1.54) is 17.4 Å². The molecule has 4 heteroatoms. The van der Waals surface area contributed by atoms with E-state index in [0.717, 1.165) is 4.88 Å². The zero-order valence-electron chi connectivity index (χ0n) is 8.38. The average molecular weight is 234 g/mol. The van der Waals surface area contributed by atoms with Crippen LogP contribution in [0, 0.1) is 0 Å². The molecule has 0 amide bonds. The van der Waals surface area contributed by atoms with Crippen molar-refractivity contribution in [3.8, 4) is 10.4 Å². The summed E-state index contributed by atoms with van der Waals surface area (Å²) < 4.78 is 0. The van der Waals surface area contributed by atoms with Crippen LogP contribution in [0.15, 0.2) is 35.7 Å². The van der Waals surface area contributed by atoms with E-state index >= 15 is 0 Å². The number of hydrogen-bond acceptors (Lipinski definition) is 3. The summed E-state index contributed by atoms with van der Waals surface area (Å²) in [5, 5.41) is 20.0. The topological polar surface area (TPSA) is 57.5 Å². The molecule has 1 aromatic carbocycles. The Balaban J connectivity index is 2.59. The predicted octanol–water partition coefficient (Wildman–Crippen LogP) is 2.61. The van der Waals surface area contributed by atoms with E-state index in [1.54, 1.807) is 12.1 Å². The van der Waals surface area contributed by atoms with Crippen molar-refractivity contribution in [2.24, 2.45) is 0 Å². The van der Waals surface area contributed by atoms with Crippen molar-refractivity contribution >= 4 is 17.3 Å². The standard InChI is InChI=1S/C12H10O3S/c13-7-8-3-4-9(12(14)15)10(6-8)11-2-1-5-16-11/h1-6,13H,7H2,(H,14,15). The van der Waals surface area contributed by atoms with Crippen molar-refractivity contribution in [1.29, 1.82) is 0 Å². The third kappa shape index (κ3) is 1.98. The Morgan fingerprint density at radius 3 is 2.69 bits per heavy atom. The van der Waals surface area contributed by atoms with Gasteiger partial charge in [0.2, 0.25) is 0 Å². The maximum atomic E-state index is 11.1. The van der Waals surface area contributed by atoms with Gasteiger partial charge in [-0.3, -0.25) is 0 Å². The molecule has 0 aliphatic rings. The monoisotopic (exact) mass is 234 g/mol. The largest absolute Gasteiger partial charge is 0.478 e. The molecule has 0 bridgehead atoms. The summed E-state index contributed by atoms with van der Waals surface area (Å²) in [7, 11) is 0. The normalized spacial score (nSPS) is 10.3. The lowest BCUT2D eigenvalue weighted by Gasteiger charge is -2.05. The molecule has 0 atom stereocenters. The third-order valence-electron chi connectivity index (χ3n) is 2.28. The maximum Gasteiger partial charge on any atom is 0.336 e. The molecule has 0 unspecified atom stereocenters. The van der Waals surface area contributed by atoms with Crippen LogP contribution in [-0.4, -0.2) is 16.2 Å². The number of thiophene rings is 1. The molecular weight excluding hydrogens is 224 g/mol. The van der Waals surface area contributed by atoms with Gasteiger partial charge in [-0.2, -0.15) is 0 Å². The molecule has 2 N–H and O–H groups in total. The first-order valence-electron chi connectivity index (χ1n) is 4.73. The number of aliphatic hydroxyl groups excluding tert-OH is 1. The summed E-state index contributed by atoms with van der Waals surface area (Å²) in [6, 6.07) is 8.61. The molecule has 0 saturated heterocycles. The molecule has 0 fully saturated rings. The average Bonchev–Trinajstić information content (AvgIpc) is 2.81. The third-order valence-corrected chi connectivity index (χ3v) is 3.19. The Kier molecular flexibility index (Phi) is 3.03. The van der Waals surface area contributed by atoms with Crippen molar-refractivity contribution in [3.63, 3.8) is 0 Å². The lowest BCUT2D eigenvalue weighted by atomic mass is 10.0. The van der Waals surface area contributed by atoms with Gasteiger partial charge in [0.15, 0.2) is 0 Å². The molecule has 0 radical (unpaired) electrons. The zero-order chi connectivity index (χ0) is 11.5. The minimum atomic E-state index is -0.951. The number of carboxylic acids is 1. The smallest absolute Gasteiger partial charge is 0.336 e. The molecule has 3 nitrogen and oxygen atoms in total. The molecule has 82 valence electrons. The molecule has 16 heavy (non-hydrogen) atoms. The first-order valence-corrected chi connectivity index (χ1v) is 5.61. The van der Waals surface area contributed by atoms with E-state index in [-0.39, 0.29) is 12.2 Å². The van der Waals surface area contributed by atoms with Crippen molar-refractivity contribution in [2.45, 2.75) is 6.61 Å². The summed E-state index contributed by atoms with van der Waals surface area (Å²) in [4.78, 5) is 12.0. The lowest BCUT2D eigenvalue weighted by molar-refractivity contribution is 0.0697. The van der Waals surface area contributed by atoms with Crippen molar-refractivity contribution < 1.29 is 15.0 Å². The molecule has 0 saturated carbocycles. The van der Waals surface area contributed by atoms with Gasteiger partial charge in [0, 0.05) is 10.4 Å². The highest BCUT2D eigenvalue weighted by molar-refractivity contribution is 7.13. The van der Waals surface area contributed by atoms with Gasteiger partial charge in [0.25, 0.3) is 0 Å². The van der Waals surface area contributed by atoms with Crippen LogP contribution < -0.4 is 0 Å². The van der Waals surface area contributed by atoms with E-state index in [4.69, 9.17) is 10.2 Å². The Labute approximate surface area is 96.6 Å². The molecule has 1 aromatic heterocycles. The summed E-state index contributed by atoms with van der Waals surface area (Å²) in [5.41, 5.74) is 1.64. The fraction of sp³-hybridized carbons (Fsp3) is 0.0833. The van der Waals surface area contributed by atoms with Crippen molar-refractivity contribution in [1.82, 2.24) is 0 Å². The van der Waals surface area contributed by atoms with E-state index in [9.17, 15) is 4.79 Å². The maximum absolute atomic E-state index is 11.1. The lowest BCUT2D eigenvalue weighted by Crippen LogP contribution is -2.00. The second kappa shape index (κ2) is 4.47. The number of aromatic carboxylic acids is 1. The number of rotatable bonds is 3. The zero-order valence-corrected chi connectivity index (χ0v) is 9.20. The summed E-state index contributed by atoms with van der Waals surface area (Å²) in [6.45, 7) is -0.0850. The highest BCUT2D eigenvalue weighted by Gasteiger charge is 2.12. The minimum absolute atomic E-state index is 0.0850. The van der Waals surface area contributed by atoms with Gasteiger partial charge in [-0.1, -0.05) is 12.1 Å². The number of benzene rings is 1. The van der Waals surface area contributed by atoms with Gasteiger partial charge >= 0.3 is 5.97 Å². The van der Waals surface area contributed by atoms with Gasteiger partial charge in [-0.05, 0) is 29.1 Å². The van der Waals surface area contributed by atoms with Crippen LogP contribution in [0.25, 0.3) is 10.4 Å². The number of carbonyl (C=O) groups is 1. The van der Waals surface area contributed by atoms with Gasteiger partial charge in [-0.25, -0.2) is 4.79 Å². The fourth-order valence-electron chi connectivity index (χ4n) is 1.51. The molecule has 0 aliphatic heterocycles. The van der Waals surface area contributed by atoms with Crippen LogP contribution in [-0.2, 0) is 6.61 Å². The quantitative estimate of drug-likeness (QED) is 0.858. The molecular formula is C12H10O3S. The second-order valence-corrected chi connectivity index (χ2v) is 4.27. The summed E-state index contributed by atoms with van der Waals surface area (Å²) >= 11 is 1.48. The Morgan fingerprint density at radius 2 is 2.12 bits per heavy atom. The fourth-order valence-corrected chi connectivity index (χ4v) is 2.27. The van der Waals surface area contributed by atoms with Gasteiger partial charge in [0.1, 0.15) is 0 Å². The second-order valence-electron chi connectivity index (χ2n) is 3.32. The Hall–Kier alpha value is -1.65. The van der Waals surface area contributed by atoms with Gasteiger partial charge < -0.3 is 10.2 Å². The van der Waals surface area contributed by atoms with Crippen LogP contribution in [0.3, 0.4) is 0 Å². The van der Waals surface area contributed by atoms with Crippen LogP contribution in [0.4, 0.5) is 0 Å². The molecule has 2 aromatic rings. The highest BCUT2D eigenvalue weighted by atomic mass is 32.1. The van der Waals surface area contributed by atoms with E-state index < -0.39 is 5.97 Å². The van der Waals surface area contributed by atoms with E-state index in [1.807, 2.05) is 17.5 Å². The van der Waals surface area contributed by atoms with Crippen molar-refractivity contribution in [2.75, 3.05) is 0 Å². The van der Waals surface area contributed by atoms with Gasteiger partial charge in [-0.15, -0.1) is 11.3 Å². The minimum Gasteiger partial charge on any atom is -0.478 e. The van der Waals surface area contributed by atoms with Crippen LogP contribution in [0.1, 0.15) is 15.9 Å². The van der Waals surface area contributed by atoms with E-state index in [2.05, 4.69) is 0 Å². The Bertz CT molecular complexity index is 503. The number of carboxylic acid groups (broad SMARTS) is 1. The molecule has 0 spiro atoms. The first-order chi connectivity index (χ1) is 7.72. The van der Waals surface area contributed by atoms with Crippen LogP contribution >= 0.6 is 11.3 Å². The van der Waals surface area contributed by atoms with Crippen molar-refractivity contribution in [3.05, 3.63) is 46.8 Å². The molecule has 1 heterocycles. The highest BCUT2D eigenvalue weighted by Crippen LogP contribution is 2.29. The van der Waals surface area contributed by atoms with E-state index in [0.29, 0.717) is 11.1 Å². The van der Waals surface area contributed by atoms with Crippen LogP contribution in [0.5, 0.6) is 0 Å². The number of hydrogen-bond donors (Lipinski definition) is 2. The Morgan fingerprint density at radius 1 is 1.31 bits per heavy atom.